The Morgan fingerprint density at radius 2 is 1.79 bits per heavy atom. The average Bonchev–Trinajstić information content (AvgIpc) is 3.18. The minimum Gasteiger partial charge on any atom is -0.322 e. The van der Waals surface area contributed by atoms with Crippen molar-refractivity contribution in [1.82, 2.24) is 4.98 Å². The van der Waals surface area contributed by atoms with Crippen LogP contribution < -0.4 is 10.2 Å². The van der Waals surface area contributed by atoms with Crippen molar-refractivity contribution in [3.63, 3.8) is 0 Å². The zero-order valence-corrected chi connectivity index (χ0v) is 14.9. The van der Waals surface area contributed by atoms with E-state index < -0.39 is 0 Å². The zero-order chi connectivity index (χ0) is 19.5. The summed E-state index contributed by atoms with van der Waals surface area (Å²) in [6.45, 7) is 0.611. The molecule has 136 valence electrons. The number of hydrogen-bond donors (Lipinski definition) is 1. The molecule has 0 bridgehead atoms. The van der Waals surface area contributed by atoms with E-state index in [9.17, 15) is 9.59 Å². The third-order valence-corrected chi connectivity index (χ3v) is 4.65. The summed E-state index contributed by atoms with van der Waals surface area (Å²) in [5.41, 5.74) is 3.78. The first-order valence-electron chi connectivity index (χ1n) is 8.82. The summed E-state index contributed by atoms with van der Waals surface area (Å²) in [5, 5.41) is 11.6. The van der Waals surface area contributed by atoms with Gasteiger partial charge in [-0.3, -0.25) is 14.6 Å². The summed E-state index contributed by atoms with van der Waals surface area (Å²) in [7, 11) is 0. The van der Waals surface area contributed by atoms with Gasteiger partial charge in [-0.25, -0.2) is 0 Å². The van der Waals surface area contributed by atoms with Crippen LogP contribution in [0, 0.1) is 11.3 Å². The molecule has 1 aliphatic rings. The molecule has 0 saturated heterocycles. The first-order valence-corrected chi connectivity index (χ1v) is 8.82. The third-order valence-electron chi connectivity index (χ3n) is 4.65. The average molecular weight is 368 g/mol. The van der Waals surface area contributed by atoms with Gasteiger partial charge in [0.05, 0.1) is 22.8 Å². The molecule has 6 nitrogen and oxygen atoms in total. The van der Waals surface area contributed by atoms with Crippen molar-refractivity contribution < 1.29 is 9.59 Å². The highest BCUT2D eigenvalue weighted by atomic mass is 16.2. The van der Waals surface area contributed by atoms with Crippen LogP contribution in [0.2, 0.25) is 0 Å². The fourth-order valence-electron chi connectivity index (χ4n) is 3.22. The summed E-state index contributed by atoms with van der Waals surface area (Å²) in [4.78, 5) is 31.2. The topological polar surface area (TPSA) is 86.1 Å². The van der Waals surface area contributed by atoms with E-state index in [1.165, 1.54) is 12.4 Å². The quantitative estimate of drug-likeness (QED) is 0.768. The lowest BCUT2D eigenvalue weighted by Gasteiger charge is -2.17. The number of rotatable bonds is 3. The van der Waals surface area contributed by atoms with Crippen molar-refractivity contribution in [3.05, 3.63) is 89.2 Å². The van der Waals surface area contributed by atoms with Gasteiger partial charge in [-0.2, -0.15) is 5.26 Å². The summed E-state index contributed by atoms with van der Waals surface area (Å²) >= 11 is 0. The first kappa shape index (κ1) is 17.4. The SMILES string of the molecule is N#Cc1ccc(NC(=O)c2cncc(C(=O)N3CCc4ccccc43)c2)cc1. The van der Waals surface area contributed by atoms with Crippen LogP contribution in [0.4, 0.5) is 11.4 Å². The normalized spacial score (nSPS) is 12.2. The minimum atomic E-state index is -0.367. The van der Waals surface area contributed by atoms with E-state index in [-0.39, 0.29) is 11.8 Å². The molecule has 1 aliphatic heterocycles. The van der Waals surface area contributed by atoms with Gasteiger partial charge in [-0.1, -0.05) is 18.2 Å². The molecule has 0 atom stereocenters. The summed E-state index contributed by atoms with van der Waals surface area (Å²) in [5.74, 6) is -0.542. The maximum Gasteiger partial charge on any atom is 0.259 e. The minimum absolute atomic E-state index is 0.175. The van der Waals surface area contributed by atoms with Crippen LogP contribution in [-0.4, -0.2) is 23.3 Å². The van der Waals surface area contributed by atoms with Gasteiger partial charge < -0.3 is 10.2 Å². The maximum atomic E-state index is 12.9. The van der Waals surface area contributed by atoms with Crippen molar-refractivity contribution in [2.75, 3.05) is 16.8 Å². The third kappa shape index (κ3) is 3.33. The number of fused-ring (bicyclic) bond motifs is 1. The van der Waals surface area contributed by atoms with Crippen LogP contribution in [0.1, 0.15) is 31.8 Å². The van der Waals surface area contributed by atoms with Crippen LogP contribution >= 0.6 is 0 Å². The summed E-state index contributed by atoms with van der Waals surface area (Å²) in [6, 6.07) is 17.9. The van der Waals surface area contributed by atoms with Gasteiger partial charge in [0.1, 0.15) is 0 Å². The number of nitriles is 1. The lowest BCUT2D eigenvalue weighted by molar-refractivity contribution is 0.0989. The summed E-state index contributed by atoms with van der Waals surface area (Å²) in [6.07, 6.45) is 3.71. The van der Waals surface area contributed by atoms with E-state index in [4.69, 9.17) is 5.26 Å². The van der Waals surface area contributed by atoms with E-state index in [1.807, 2.05) is 30.3 Å². The lowest BCUT2D eigenvalue weighted by atomic mass is 10.1. The van der Waals surface area contributed by atoms with Crippen molar-refractivity contribution in [3.8, 4) is 6.07 Å². The molecule has 4 rings (SSSR count). The van der Waals surface area contributed by atoms with Crippen LogP contribution in [0.3, 0.4) is 0 Å². The fraction of sp³-hybridized carbons (Fsp3) is 0.0909. The molecule has 3 aromatic rings. The lowest BCUT2D eigenvalue weighted by Crippen LogP contribution is -2.29. The van der Waals surface area contributed by atoms with Crippen molar-refractivity contribution in [2.45, 2.75) is 6.42 Å². The highest BCUT2D eigenvalue weighted by molar-refractivity contribution is 6.10. The Kier molecular flexibility index (Phi) is 4.56. The van der Waals surface area contributed by atoms with Crippen LogP contribution in [0.25, 0.3) is 0 Å². The molecule has 1 aromatic heterocycles. The summed E-state index contributed by atoms with van der Waals surface area (Å²) < 4.78 is 0. The molecular formula is C22H16N4O2. The molecule has 1 N–H and O–H groups in total. The number of carbonyl (C=O) groups excluding carboxylic acids is 2. The smallest absolute Gasteiger partial charge is 0.259 e. The number of anilines is 2. The number of benzene rings is 2. The van der Waals surface area contributed by atoms with Gasteiger partial charge in [0, 0.05) is 30.3 Å². The second-order valence-electron chi connectivity index (χ2n) is 6.44. The Bertz CT molecular complexity index is 1100. The van der Waals surface area contributed by atoms with Gasteiger partial charge in [0.2, 0.25) is 0 Å². The van der Waals surface area contributed by atoms with E-state index >= 15 is 0 Å². The number of nitrogens with one attached hydrogen (secondary N) is 1. The highest BCUT2D eigenvalue weighted by Crippen LogP contribution is 2.28. The second kappa shape index (κ2) is 7.33. The van der Waals surface area contributed by atoms with Gasteiger partial charge in [-0.15, -0.1) is 0 Å². The number of hydrogen-bond acceptors (Lipinski definition) is 4. The number of carbonyl (C=O) groups is 2. The molecule has 0 aliphatic carbocycles. The number of pyridine rings is 1. The molecule has 2 amide bonds. The molecular weight excluding hydrogens is 352 g/mol. The van der Waals surface area contributed by atoms with Gasteiger partial charge in [0.15, 0.2) is 0 Å². The van der Waals surface area contributed by atoms with Gasteiger partial charge in [-0.05, 0) is 48.4 Å². The molecule has 6 heteroatoms. The Balaban J connectivity index is 1.53. The van der Waals surface area contributed by atoms with Crippen molar-refractivity contribution in [2.24, 2.45) is 0 Å². The van der Waals surface area contributed by atoms with Gasteiger partial charge >= 0.3 is 0 Å². The Labute approximate surface area is 162 Å². The van der Waals surface area contributed by atoms with E-state index in [1.54, 1.807) is 35.2 Å². The first-order chi connectivity index (χ1) is 13.7. The highest BCUT2D eigenvalue weighted by Gasteiger charge is 2.25. The predicted octanol–water partition coefficient (Wildman–Crippen LogP) is 3.41. The van der Waals surface area contributed by atoms with E-state index in [0.29, 0.717) is 28.9 Å². The molecule has 0 unspecified atom stereocenters. The largest absolute Gasteiger partial charge is 0.322 e. The Hall–Kier alpha value is -3.98. The molecule has 2 aromatic carbocycles. The van der Waals surface area contributed by atoms with Crippen molar-refractivity contribution >= 4 is 23.2 Å². The van der Waals surface area contributed by atoms with E-state index in [2.05, 4.69) is 10.3 Å². The number of amides is 2. The van der Waals surface area contributed by atoms with Crippen LogP contribution in [0.5, 0.6) is 0 Å². The molecule has 0 radical (unpaired) electrons. The molecule has 0 fully saturated rings. The zero-order valence-electron chi connectivity index (χ0n) is 14.9. The van der Waals surface area contributed by atoms with Crippen molar-refractivity contribution in [1.29, 1.82) is 5.26 Å². The second-order valence-corrected chi connectivity index (χ2v) is 6.44. The number of aromatic nitrogens is 1. The Morgan fingerprint density at radius 1 is 1.04 bits per heavy atom. The number of para-hydroxylation sites is 1. The molecule has 0 spiro atoms. The predicted molar refractivity (Wildman–Crippen MR) is 105 cm³/mol. The van der Waals surface area contributed by atoms with E-state index in [0.717, 1.165) is 17.7 Å². The standard InChI is InChI=1S/C22H16N4O2/c23-12-15-5-7-19(8-6-15)25-21(27)17-11-18(14-24-13-17)22(28)26-10-9-16-3-1-2-4-20(16)26/h1-8,11,13-14H,9-10H2,(H,25,27). The van der Waals surface area contributed by atoms with Gasteiger partial charge in [0.25, 0.3) is 11.8 Å². The molecule has 28 heavy (non-hydrogen) atoms. The maximum absolute atomic E-state index is 12.9. The molecule has 0 saturated carbocycles. The molecule has 2 heterocycles. The number of nitrogens with zero attached hydrogens (tertiary/aromatic N) is 3. The fourth-order valence-corrected chi connectivity index (χ4v) is 3.22. The van der Waals surface area contributed by atoms with Crippen LogP contribution in [-0.2, 0) is 6.42 Å². The monoisotopic (exact) mass is 368 g/mol. The van der Waals surface area contributed by atoms with Crippen LogP contribution in [0.15, 0.2) is 67.0 Å². The Morgan fingerprint density at radius 3 is 2.57 bits per heavy atom.